The number of rotatable bonds is 4. The van der Waals surface area contributed by atoms with Gasteiger partial charge in [-0.05, 0) is 12.1 Å². The summed E-state index contributed by atoms with van der Waals surface area (Å²) in [7, 11) is 1.65. The first-order chi connectivity index (χ1) is 5.90. The first-order valence-electron chi connectivity index (χ1n) is 3.84. The summed E-state index contributed by atoms with van der Waals surface area (Å²) in [5.74, 6) is 2.71. The minimum Gasteiger partial charge on any atom is -0.491 e. The molecular weight excluding hydrogens is 156 g/mol. The Morgan fingerprint density at radius 1 is 1.25 bits per heavy atom. The molecule has 0 saturated heterocycles. The lowest BCUT2D eigenvalue weighted by molar-refractivity contribution is 0.146. The monoisotopic (exact) mass is 166 g/mol. The molecule has 12 heavy (non-hydrogen) atoms. The number of methoxy groups -OCH3 is 1. The SMILES string of the molecule is COCCOc1ccc2c(c1)O2. The zero-order chi connectivity index (χ0) is 8.39. The van der Waals surface area contributed by atoms with Crippen molar-refractivity contribution in [1.82, 2.24) is 0 Å². The van der Waals surface area contributed by atoms with Crippen LogP contribution >= 0.6 is 0 Å². The van der Waals surface area contributed by atoms with Crippen LogP contribution in [-0.4, -0.2) is 20.3 Å². The predicted molar refractivity (Wildman–Crippen MR) is 43.9 cm³/mol. The Morgan fingerprint density at radius 3 is 2.92 bits per heavy atom. The molecule has 0 bridgehead atoms. The van der Waals surface area contributed by atoms with Gasteiger partial charge in [-0.1, -0.05) is 0 Å². The molecule has 1 aliphatic rings. The van der Waals surface area contributed by atoms with Gasteiger partial charge in [0.2, 0.25) is 0 Å². The molecule has 64 valence electrons. The van der Waals surface area contributed by atoms with Crippen LogP contribution in [0.1, 0.15) is 0 Å². The molecule has 0 N–H and O–H groups in total. The van der Waals surface area contributed by atoms with Gasteiger partial charge in [0.1, 0.15) is 12.4 Å². The molecule has 0 amide bonds. The van der Waals surface area contributed by atoms with E-state index in [0.29, 0.717) is 13.2 Å². The van der Waals surface area contributed by atoms with Crippen LogP contribution in [0.3, 0.4) is 0 Å². The third-order valence-corrected chi connectivity index (χ3v) is 1.65. The maximum atomic E-state index is 5.36. The lowest BCUT2D eigenvalue weighted by atomic mass is 10.3. The second-order valence-electron chi connectivity index (χ2n) is 2.55. The maximum absolute atomic E-state index is 5.36. The molecule has 0 aliphatic carbocycles. The number of ether oxygens (including phenoxy) is 3. The van der Waals surface area contributed by atoms with E-state index in [9.17, 15) is 0 Å². The van der Waals surface area contributed by atoms with Gasteiger partial charge < -0.3 is 14.2 Å². The first-order valence-corrected chi connectivity index (χ1v) is 3.84. The smallest absolute Gasteiger partial charge is 0.173 e. The topological polar surface area (TPSA) is 31.0 Å². The van der Waals surface area contributed by atoms with Crippen molar-refractivity contribution in [3.63, 3.8) is 0 Å². The highest BCUT2D eigenvalue weighted by Gasteiger charge is 2.19. The summed E-state index contributed by atoms with van der Waals surface area (Å²) in [6, 6.07) is 5.67. The van der Waals surface area contributed by atoms with E-state index in [0.717, 1.165) is 17.2 Å². The van der Waals surface area contributed by atoms with Crippen molar-refractivity contribution in [3.8, 4) is 17.2 Å². The average Bonchev–Trinajstić information content (AvgIpc) is 2.83. The molecule has 0 saturated carbocycles. The average molecular weight is 166 g/mol. The van der Waals surface area contributed by atoms with E-state index in [4.69, 9.17) is 14.2 Å². The fourth-order valence-corrected chi connectivity index (χ4v) is 0.977. The van der Waals surface area contributed by atoms with Crippen molar-refractivity contribution in [2.24, 2.45) is 0 Å². The Balaban J connectivity index is 1.88. The second-order valence-corrected chi connectivity index (χ2v) is 2.55. The van der Waals surface area contributed by atoms with Crippen molar-refractivity contribution in [2.75, 3.05) is 20.3 Å². The van der Waals surface area contributed by atoms with Gasteiger partial charge in [0.25, 0.3) is 0 Å². The van der Waals surface area contributed by atoms with Crippen LogP contribution in [0.2, 0.25) is 0 Å². The quantitative estimate of drug-likeness (QED) is 0.512. The van der Waals surface area contributed by atoms with Crippen LogP contribution in [0.4, 0.5) is 0 Å². The van der Waals surface area contributed by atoms with Crippen molar-refractivity contribution in [2.45, 2.75) is 0 Å². The van der Waals surface area contributed by atoms with E-state index in [1.54, 1.807) is 7.11 Å². The molecule has 1 heterocycles. The van der Waals surface area contributed by atoms with Crippen LogP contribution in [0.25, 0.3) is 0 Å². The van der Waals surface area contributed by atoms with E-state index in [2.05, 4.69) is 0 Å². The lowest BCUT2D eigenvalue weighted by Crippen LogP contribution is -2.03. The molecular formula is C9H10O3. The van der Waals surface area contributed by atoms with Gasteiger partial charge in [-0.3, -0.25) is 0 Å². The van der Waals surface area contributed by atoms with Crippen molar-refractivity contribution in [3.05, 3.63) is 18.2 Å². The molecule has 0 unspecified atom stereocenters. The highest BCUT2D eigenvalue weighted by Crippen LogP contribution is 2.46. The van der Waals surface area contributed by atoms with Gasteiger partial charge in [-0.2, -0.15) is 0 Å². The molecule has 2 rings (SSSR count). The lowest BCUT2D eigenvalue weighted by Gasteiger charge is -2.02. The fourth-order valence-electron chi connectivity index (χ4n) is 0.977. The number of fused-ring (bicyclic) bond motifs is 1. The number of hydrogen-bond acceptors (Lipinski definition) is 3. The van der Waals surface area contributed by atoms with Gasteiger partial charge in [0.05, 0.1) is 6.61 Å². The summed E-state index contributed by atoms with van der Waals surface area (Å²) in [5, 5.41) is 0. The standard InChI is InChI=1S/C9H10O3/c1-10-4-5-11-7-2-3-8-9(6-7)12-8/h2-3,6H,4-5H2,1H3. The summed E-state index contributed by atoms with van der Waals surface area (Å²) in [6.45, 7) is 1.19. The van der Waals surface area contributed by atoms with Crippen molar-refractivity contribution < 1.29 is 14.2 Å². The van der Waals surface area contributed by atoms with Crippen LogP contribution in [0.15, 0.2) is 18.2 Å². The van der Waals surface area contributed by atoms with Crippen LogP contribution in [0.5, 0.6) is 17.2 Å². The summed E-state index contributed by atoms with van der Waals surface area (Å²) in [6.07, 6.45) is 0. The molecule has 0 spiro atoms. The molecule has 1 aromatic rings. The molecule has 0 fully saturated rings. The zero-order valence-electron chi connectivity index (χ0n) is 6.87. The van der Waals surface area contributed by atoms with Gasteiger partial charge in [-0.25, -0.2) is 0 Å². The van der Waals surface area contributed by atoms with Gasteiger partial charge in [-0.15, -0.1) is 0 Å². The van der Waals surface area contributed by atoms with Gasteiger partial charge >= 0.3 is 0 Å². The van der Waals surface area contributed by atoms with E-state index in [1.165, 1.54) is 0 Å². The molecule has 1 aliphatic heterocycles. The second kappa shape index (κ2) is 3.03. The van der Waals surface area contributed by atoms with Crippen LogP contribution in [-0.2, 0) is 4.74 Å². The molecule has 1 aromatic carbocycles. The number of hydrogen-bond donors (Lipinski definition) is 0. The third-order valence-electron chi connectivity index (χ3n) is 1.65. The predicted octanol–water partition coefficient (Wildman–Crippen LogP) is 1.82. The van der Waals surface area contributed by atoms with E-state index in [-0.39, 0.29) is 0 Å². The zero-order valence-corrected chi connectivity index (χ0v) is 6.87. The molecule has 3 heteroatoms. The van der Waals surface area contributed by atoms with Crippen molar-refractivity contribution >= 4 is 0 Å². The Hall–Kier alpha value is -1.22. The van der Waals surface area contributed by atoms with Crippen molar-refractivity contribution in [1.29, 1.82) is 0 Å². The number of benzene rings is 1. The normalized spacial score (nSPS) is 11.8. The summed E-state index contributed by atoms with van der Waals surface area (Å²) >= 11 is 0. The fraction of sp³-hybridized carbons (Fsp3) is 0.333. The largest absolute Gasteiger partial charge is 0.491 e. The maximum Gasteiger partial charge on any atom is 0.173 e. The summed E-state index contributed by atoms with van der Waals surface area (Å²) in [5.41, 5.74) is 0. The van der Waals surface area contributed by atoms with E-state index in [1.807, 2.05) is 18.2 Å². The van der Waals surface area contributed by atoms with E-state index >= 15 is 0 Å². The summed E-state index contributed by atoms with van der Waals surface area (Å²) in [4.78, 5) is 0. The minimum atomic E-state index is 0.579. The van der Waals surface area contributed by atoms with Gasteiger partial charge in [0.15, 0.2) is 11.5 Å². The van der Waals surface area contributed by atoms with E-state index < -0.39 is 0 Å². The molecule has 0 aromatic heterocycles. The Bertz CT molecular complexity index is 283. The molecule has 0 radical (unpaired) electrons. The van der Waals surface area contributed by atoms with Crippen LogP contribution in [0, 0.1) is 0 Å². The third kappa shape index (κ3) is 1.51. The Labute approximate surface area is 70.9 Å². The highest BCUT2D eigenvalue weighted by atomic mass is 16.6. The minimum absolute atomic E-state index is 0.579. The van der Waals surface area contributed by atoms with Crippen LogP contribution < -0.4 is 9.47 Å². The molecule has 3 nitrogen and oxygen atoms in total. The first kappa shape index (κ1) is 7.43. The Kier molecular flexibility index (Phi) is 1.87. The molecule has 0 atom stereocenters. The Morgan fingerprint density at radius 2 is 2.17 bits per heavy atom. The highest BCUT2D eigenvalue weighted by molar-refractivity contribution is 5.57. The summed E-state index contributed by atoms with van der Waals surface area (Å²) < 4.78 is 15.3. The van der Waals surface area contributed by atoms with Gasteiger partial charge in [0, 0.05) is 13.2 Å².